The molecule has 10 nitrogen and oxygen atoms in total. The molecule has 1 fully saturated rings. The lowest BCUT2D eigenvalue weighted by molar-refractivity contribution is -0.118. The molecular formula is C14H20N6O4. The summed E-state index contributed by atoms with van der Waals surface area (Å²) < 4.78 is 7.37. The molecule has 1 aliphatic rings. The Hall–Kier alpha value is -2.30. The minimum absolute atomic E-state index is 0.0652. The molecule has 0 spiro atoms. The molecule has 24 heavy (non-hydrogen) atoms. The third-order valence-electron chi connectivity index (χ3n) is 3.75. The molecule has 1 saturated heterocycles. The van der Waals surface area contributed by atoms with Crippen LogP contribution in [0.5, 0.6) is 0 Å². The van der Waals surface area contributed by atoms with Crippen molar-refractivity contribution in [3.05, 3.63) is 16.7 Å². The second-order valence-electron chi connectivity index (χ2n) is 5.94. The van der Waals surface area contributed by atoms with Crippen LogP contribution < -0.4 is 16.2 Å². The van der Waals surface area contributed by atoms with Crippen LogP contribution in [0.25, 0.3) is 11.2 Å². The summed E-state index contributed by atoms with van der Waals surface area (Å²) in [6.07, 6.45) is 0.666. The number of hydrogen-bond acceptors (Lipinski definition) is 7. The first-order valence-corrected chi connectivity index (χ1v) is 7.74. The van der Waals surface area contributed by atoms with E-state index in [1.165, 1.54) is 6.33 Å². The minimum Gasteiger partial charge on any atom is -0.394 e. The van der Waals surface area contributed by atoms with Gasteiger partial charge in [0.05, 0.1) is 19.0 Å². The van der Waals surface area contributed by atoms with Gasteiger partial charge in [-0.25, -0.2) is 4.98 Å². The van der Waals surface area contributed by atoms with Crippen LogP contribution in [0.3, 0.4) is 0 Å². The normalized spacial score (nSPS) is 21.3. The van der Waals surface area contributed by atoms with Gasteiger partial charge in [-0.1, -0.05) is 13.8 Å². The van der Waals surface area contributed by atoms with E-state index in [1.807, 2.05) is 0 Å². The van der Waals surface area contributed by atoms with Gasteiger partial charge in [0.2, 0.25) is 11.9 Å². The van der Waals surface area contributed by atoms with Crippen molar-refractivity contribution in [1.29, 1.82) is 0 Å². The number of carbonyl (C=O) groups excluding carboxylic acids is 1. The Balaban J connectivity index is 1.96. The molecule has 2 unspecified atom stereocenters. The lowest BCUT2D eigenvalue weighted by Crippen LogP contribution is -2.44. The number of hydrogen-bond donors (Lipinski definition) is 4. The van der Waals surface area contributed by atoms with Gasteiger partial charge in [0.25, 0.3) is 5.56 Å². The average Bonchev–Trinajstić information content (AvgIpc) is 2.99. The van der Waals surface area contributed by atoms with Gasteiger partial charge in [0, 0.05) is 19.0 Å². The van der Waals surface area contributed by atoms with E-state index in [0.717, 1.165) is 0 Å². The van der Waals surface area contributed by atoms with Gasteiger partial charge in [-0.2, -0.15) is 4.98 Å². The van der Waals surface area contributed by atoms with Crippen molar-refractivity contribution in [2.24, 2.45) is 5.92 Å². The lowest BCUT2D eigenvalue weighted by atomic mass is 10.2. The van der Waals surface area contributed by atoms with Crippen molar-refractivity contribution in [3.63, 3.8) is 0 Å². The van der Waals surface area contributed by atoms with Crippen LogP contribution in [0.1, 0.15) is 20.1 Å². The van der Waals surface area contributed by atoms with Gasteiger partial charge in [0.1, 0.15) is 6.23 Å². The van der Waals surface area contributed by atoms with Gasteiger partial charge in [-0.15, -0.1) is 0 Å². The number of anilines is 1. The van der Waals surface area contributed by atoms with Gasteiger partial charge in [0.15, 0.2) is 11.2 Å². The topological polar surface area (TPSA) is 134 Å². The number of fused-ring (bicyclic) bond motifs is 1. The minimum atomic E-state index is -0.455. The number of ether oxygens (including phenoxy) is 1. The maximum absolute atomic E-state index is 12.1. The third-order valence-corrected chi connectivity index (χ3v) is 3.75. The van der Waals surface area contributed by atoms with Crippen molar-refractivity contribution in [3.8, 4) is 0 Å². The molecule has 3 rings (SSSR count). The average molecular weight is 336 g/mol. The van der Waals surface area contributed by atoms with Gasteiger partial charge < -0.3 is 15.2 Å². The first-order valence-electron chi connectivity index (χ1n) is 7.74. The van der Waals surface area contributed by atoms with Crippen LogP contribution in [-0.2, 0) is 9.53 Å². The zero-order valence-electron chi connectivity index (χ0n) is 13.4. The van der Waals surface area contributed by atoms with Crippen LogP contribution in [-0.4, -0.2) is 56.3 Å². The highest BCUT2D eigenvalue weighted by atomic mass is 16.5. The van der Waals surface area contributed by atoms with E-state index in [4.69, 9.17) is 4.74 Å². The zero-order valence-corrected chi connectivity index (χ0v) is 13.4. The number of morpholine rings is 1. The summed E-state index contributed by atoms with van der Waals surface area (Å²) in [6.45, 7) is 4.41. The lowest BCUT2D eigenvalue weighted by Gasteiger charge is -2.30. The SMILES string of the molecule is CC(C)C(=O)Nc1nc2c(ncn2C2CNCC(CO)O2)c(=O)[nH]1. The summed E-state index contributed by atoms with van der Waals surface area (Å²) in [5, 5.41) is 15.0. The highest BCUT2D eigenvalue weighted by Crippen LogP contribution is 2.19. The number of aromatic amines is 1. The van der Waals surface area contributed by atoms with Gasteiger partial charge >= 0.3 is 0 Å². The molecule has 4 N–H and O–H groups in total. The summed E-state index contributed by atoms with van der Waals surface area (Å²) in [6, 6.07) is 0. The highest BCUT2D eigenvalue weighted by Gasteiger charge is 2.25. The quantitative estimate of drug-likeness (QED) is 0.574. The third kappa shape index (κ3) is 3.16. The smallest absolute Gasteiger partial charge is 0.280 e. The van der Waals surface area contributed by atoms with Crippen LogP contribution >= 0.6 is 0 Å². The molecule has 2 aromatic heterocycles. The van der Waals surface area contributed by atoms with E-state index in [-0.39, 0.29) is 36.0 Å². The van der Waals surface area contributed by atoms with Crippen molar-refractivity contribution < 1.29 is 14.6 Å². The highest BCUT2D eigenvalue weighted by molar-refractivity contribution is 5.91. The number of nitrogens with zero attached hydrogens (tertiary/aromatic N) is 3. The molecule has 10 heteroatoms. The Morgan fingerprint density at radius 3 is 3.04 bits per heavy atom. The number of aliphatic hydroxyl groups excluding tert-OH is 1. The number of amides is 1. The van der Waals surface area contributed by atoms with Gasteiger partial charge in [-0.05, 0) is 0 Å². The molecule has 0 saturated carbocycles. The molecule has 1 amide bonds. The fourth-order valence-corrected chi connectivity index (χ4v) is 2.41. The summed E-state index contributed by atoms with van der Waals surface area (Å²) in [4.78, 5) is 34.8. The zero-order chi connectivity index (χ0) is 17.3. The van der Waals surface area contributed by atoms with Crippen molar-refractivity contribution in [1.82, 2.24) is 24.8 Å². The molecule has 0 bridgehead atoms. The summed E-state index contributed by atoms with van der Waals surface area (Å²) in [7, 11) is 0. The first kappa shape index (κ1) is 16.6. The fourth-order valence-electron chi connectivity index (χ4n) is 2.41. The molecule has 1 aliphatic heterocycles. The van der Waals surface area contributed by atoms with Crippen LogP contribution in [0.4, 0.5) is 5.95 Å². The number of H-pyrrole nitrogens is 1. The molecule has 3 heterocycles. The number of nitrogens with one attached hydrogen (secondary N) is 3. The second kappa shape index (κ2) is 6.67. The number of aromatic nitrogens is 4. The Morgan fingerprint density at radius 2 is 2.33 bits per heavy atom. The summed E-state index contributed by atoms with van der Waals surface area (Å²) in [5.41, 5.74) is 0.0238. The fraction of sp³-hybridized carbons (Fsp3) is 0.571. The van der Waals surface area contributed by atoms with E-state index >= 15 is 0 Å². The van der Waals surface area contributed by atoms with Crippen molar-refractivity contribution >= 4 is 23.0 Å². The molecule has 0 aromatic carbocycles. The first-order chi connectivity index (χ1) is 11.5. The van der Waals surface area contributed by atoms with Crippen LogP contribution in [0, 0.1) is 5.92 Å². The standard InChI is InChI=1S/C14H20N6O4/c1-7(2)12(22)18-14-17-11-10(13(23)19-14)16-6-20(11)9-4-15-3-8(5-21)24-9/h6-9,15,21H,3-5H2,1-2H3,(H2,17,18,19,22,23). The Kier molecular flexibility index (Phi) is 4.60. The predicted molar refractivity (Wildman–Crippen MR) is 85.5 cm³/mol. The Morgan fingerprint density at radius 1 is 1.54 bits per heavy atom. The molecular weight excluding hydrogens is 316 g/mol. The number of aliphatic hydroxyl groups is 1. The maximum atomic E-state index is 12.1. The number of rotatable bonds is 4. The predicted octanol–water partition coefficient (Wildman–Crippen LogP) is -0.807. The van der Waals surface area contributed by atoms with E-state index in [0.29, 0.717) is 18.7 Å². The molecule has 2 atom stereocenters. The van der Waals surface area contributed by atoms with Gasteiger partial charge in [-0.3, -0.25) is 24.5 Å². The maximum Gasteiger partial charge on any atom is 0.280 e. The summed E-state index contributed by atoms with van der Waals surface area (Å²) in [5.74, 6) is -0.429. The Bertz CT molecular complexity index is 798. The molecule has 0 radical (unpaired) electrons. The van der Waals surface area contributed by atoms with Crippen molar-refractivity contribution in [2.45, 2.75) is 26.2 Å². The number of imidazole rings is 1. The van der Waals surface area contributed by atoms with E-state index in [2.05, 4.69) is 25.6 Å². The van der Waals surface area contributed by atoms with E-state index in [9.17, 15) is 14.7 Å². The number of carbonyl (C=O) groups is 1. The molecule has 0 aliphatic carbocycles. The second-order valence-corrected chi connectivity index (χ2v) is 5.94. The largest absolute Gasteiger partial charge is 0.394 e. The Labute approximate surface area is 137 Å². The van der Waals surface area contributed by atoms with Crippen LogP contribution in [0.15, 0.2) is 11.1 Å². The molecule has 2 aromatic rings. The van der Waals surface area contributed by atoms with Crippen molar-refractivity contribution in [2.75, 3.05) is 25.0 Å². The van der Waals surface area contributed by atoms with Crippen LogP contribution in [0.2, 0.25) is 0 Å². The van der Waals surface area contributed by atoms with E-state index < -0.39 is 11.8 Å². The monoisotopic (exact) mass is 336 g/mol. The molecule has 130 valence electrons. The van der Waals surface area contributed by atoms with E-state index in [1.54, 1.807) is 18.4 Å². The summed E-state index contributed by atoms with van der Waals surface area (Å²) >= 11 is 0.